The maximum atomic E-state index is 12.9. The van der Waals surface area contributed by atoms with Crippen molar-refractivity contribution in [1.29, 1.82) is 0 Å². The molecule has 4 rings (SSSR count). The fraction of sp³-hybridized carbons (Fsp3) is 0.0833. The third-order valence-electron chi connectivity index (χ3n) is 4.62. The van der Waals surface area contributed by atoms with Gasteiger partial charge in [-0.15, -0.1) is 0 Å². The molecular weight excluding hydrogens is 472 g/mol. The number of fused-ring (bicyclic) bond motifs is 1. The Morgan fingerprint density at radius 2 is 1.88 bits per heavy atom. The molecule has 1 aromatic heterocycles. The lowest BCUT2D eigenvalue weighted by Crippen LogP contribution is -2.21. The average molecular weight is 491 g/mol. The Morgan fingerprint density at radius 1 is 1.12 bits per heavy atom. The Morgan fingerprint density at radius 3 is 2.69 bits per heavy atom. The van der Waals surface area contributed by atoms with E-state index >= 15 is 0 Å². The van der Waals surface area contributed by atoms with E-state index in [0.717, 1.165) is 4.47 Å². The van der Waals surface area contributed by atoms with Gasteiger partial charge in [0, 0.05) is 15.7 Å². The molecule has 0 unspecified atom stereocenters. The van der Waals surface area contributed by atoms with Gasteiger partial charge >= 0.3 is 0 Å². The molecule has 0 aliphatic rings. The Balaban J connectivity index is 1.54. The van der Waals surface area contributed by atoms with Crippen LogP contribution >= 0.6 is 15.9 Å². The molecule has 0 bridgehead atoms. The van der Waals surface area contributed by atoms with Crippen LogP contribution in [-0.4, -0.2) is 28.4 Å². The number of aromatic nitrogens is 2. The van der Waals surface area contributed by atoms with Gasteiger partial charge in [-0.1, -0.05) is 46.3 Å². The molecule has 32 heavy (non-hydrogen) atoms. The lowest BCUT2D eigenvalue weighted by molar-refractivity contribution is -0.118. The van der Waals surface area contributed by atoms with Crippen LogP contribution in [0.4, 0.5) is 5.69 Å². The summed E-state index contributed by atoms with van der Waals surface area (Å²) in [6, 6.07) is 21.6. The number of anilines is 1. The zero-order valence-electron chi connectivity index (χ0n) is 17.2. The third-order valence-corrected chi connectivity index (χ3v) is 5.11. The van der Waals surface area contributed by atoms with Gasteiger partial charge in [0.15, 0.2) is 6.61 Å². The molecule has 160 valence electrons. The molecule has 4 aromatic rings. The van der Waals surface area contributed by atoms with Gasteiger partial charge in [-0.05, 0) is 49.4 Å². The SMILES string of the molecule is Cc1nc2ccc(Br)cc2c(=O)n1N=Cc1ccccc1OCC(=O)Nc1ccccc1. The largest absolute Gasteiger partial charge is 0.483 e. The summed E-state index contributed by atoms with van der Waals surface area (Å²) in [5.74, 6) is 0.655. The number of rotatable bonds is 6. The second-order valence-electron chi connectivity index (χ2n) is 6.92. The van der Waals surface area contributed by atoms with Crippen molar-refractivity contribution >= 4 is 44.6 Å². The van der Waals surface area contributed by atoms with Crippen LogP contribution in [0.3, 0.4) is 0 Å². The van der Waals surface area contributed by atoms with E-state index in [2.05, 4.69) is 31.3 Å². The first-order chi connectivity index (χ1) is 15.5. The lowest BCUT2D eigenvalue weighted by atomic mass is 10.2. The molecule has 0 atom stereocenters. The highest BCUT2D eigenvalue weighted by Crippen LogP contribution is 2.18. The number of aryl methyl sites for hydroxylation is 1. The van der Waals surface area contributed by atoms with Gasteiger partial charge in [-0.3, -0.25) is 9.59 Å². The van der Waals surface area contributed by atoms with Crippen LogP contribution in [0, 0.1) is 6.92 Å². The predicted octanol–water partition coefficient (Wildman–Crippen LogP) is 4.37. The quantitative estimate of drug-likeness (QED) is 0.406. The topological polar surface area (TPSA) is 85.6 Å². The predicted molar refractivity (Wildman–Crippen MR) is 128 cm³/mol. The summed E-state index contributed by atoms with van der Waals surface area (Å²) in [6.45, 7) is 1.56. The van der Waals surface area contributed by atoms with E-state index in [-0.39, 0.29) is 18.1 Å². The molecule has 0 spiro atoms. The van der Waals surface area contributed by atoms with Gasteiger partial charge in [-0.25, -0.2) is 4.98 Å². The molecule has 7 nitrogen and oxygen atoms in total. The van der Waals surface area contributed by atoms with Crippen LogP contribution in [-0.2, 0) is 4.79 Å². The average Bonchev–Trinajstić information content (AvgIpc) is 2.79. The molecule has 0 fully saturated rings. The van der Waals surface area contributed by atoms with Gasteiger partial charge in [0.25, 0.3) is 11.5 Å². The minimum atomic E-state index is -0.278. The van der Waals surface area contributed by atoms with E-state index < -0.39 is 0 Å². The first-order valence-corrected chi connectivity index (χ1v) is 10.6. The van der Waals surface area contributed by atoms with Crippen LogP contribution in [0.5, 0.6) is 5.75 Å². The summed E-state index contributed by atoms with van der Waals surface area (Å²) in [5, 5.41) is 7.56. The number of amides is 1. The van der Waals surface area contributed by atoms with E-state index in [0.29, 0.717) is 33.7 Å². The monoisotopic (exact) mass is 490 g/mol. The van der Waals surface area contributed by atoms with Crippen LogP contribution < -0.4 is 15.6 Å². The molecule has 3 aromatic carbocycles. The highest BCUT2D eigenvalue weighted by atomic mass is 79.9. The number of ether oxygens (including phenoxy) is 1. The number of benzene rings is 3. The molecule has 0 aliphatic carbocycles. The molecule has 8 heteroatoms. The summed E-state index contributed by atoms with van der Waals surface area (Å²) >= 11 is 3.38. The van der Waals surface area contributed by atoms with Crippen molar-refractivity contribution in [2.75, 3.05) is 11.9 Å². The first-order valence-electron chi connectivity index (χ1n) is 9.81. The van der Waals surface area contributed by atoms with Crippen molar-refractivity contribution in [2.45, 2.75) is 6.92 Å². The second-order valence-corrected chi connectivity index (χ2v) is 7.84. The summed E-state index contributed by atoms with van der Waals surface area (Å²) < 4.78 is 7.73. The van der Waals surface area contributed by atoms with Crippen LogP contribution in [0.1, 0.15) is 11.4 Å². The van der Waals surface area contributed by atoms with Crippen molar-refractivity contribution in [3.63, 3.8) is 0 Å². The summed E-state index contributed by atoms with van der Waals surface area (Å²) in [5.41, 5.74) is 1.66. The number of carbonyl (C=O) groups is 1. The van der Waals surface area contributed by atoms with Crippen molar-refractivity contribution in [2.24, 2.45) is 5.10 Å². The minimum Gasteiger partial charge on any atom is -0.483 e. The van der Waals surface area contributed by atoms with Crippen molar-refractivity contribution in [3.8, 4) is 5.75 Å². The lowest BCUT2D eigenvalue weighted by Gasteiger charge is -2.10. The zero-order chi connectivity index (χ0) is 22.5. The van der Waals surface area contributed by atoms with E-state index in [4.69, 9.17) is 4.74 Å². The van der Waals surface area contributed by atoms with Gasteiger partial charge in [-0.2, -0.15) is 9.78 Å². The van der Waals surface area contributed by atoms with Gasteiger partial charge in [0.2, 0.25) is 0 Å². The highest BCUT2D eigenvalue weighted by molar-refractivity contribution is 9.10. The summed E-state index contributed by atoms with van der Waals surface area (Å²) in [6.07, 6.45) is 1.52. The van der Waals surface area contributed by atoms with Crippen molar-refractivity contribution in [3.05, 3.63) is 99.0 Å². The number of nitrogens with one attached hydrogen (secondary N) is 1. The molecule has 0 saturated heterocycles. The van der Waals surface area contributed by atoms with E-state index in [9.17, 15) is 9.59 Å². The number of nitrogens with zero attached hydrogens (tertiary/aromatic N) is 3. The molecule has 0 radical (unpaired) electrons. The normalized spacial score (nSPS) is 11.1. The first kappa shape index (κ1) is 21.5. The minimum absolute atomic E-state index is 0.162. The number of para-hydroxylation sites is 2. The second kappa shape index (κ2) is 9.57. The van der Waals surface area contributed by atoms with E-state index in [1.54, 1.807) is 49.4 Å². The van der Waals surface area contributed by atoms with Gasteiger partial charge < -0.3 is 10.1 Å². The maximum Gasteiger partial charge on any atom is 0.282 e. The highest BCUT2D eigenvalue weighted by Gasteiger charge is 2.09. The summed E-state index contributed by atoms with van der Waals surface area (Å²) in [4.78, 5) is 29.5. The number of hydrogen-bond donors (Lipinski definition) is 1. The molecular formula is C24H19BrN4O3. The van der Waals surface area contributed by atoms with Crippen molar-refractivity contribution in [1.82, 2.24) is 9.66 Å². The number of carbonyl (C=O) groups excluding carboxylic acids is 1. The Labute approximate surface area is 192 Å². The molecule has 0 aliphatic heterocycles. The fourth-order valence-electron chi connectivity index (χ4n) is 3.10. The molecule has 1 heterocycles. The standard InChI is InChI=1S/C24H19BrN4O3/c1-16-27-21-12-11-18(25)13-20(21)24(31)29(16)26-14-17-7-5-6-10-22(17)32-15-23(30)28-19-8-3-2-4-9-19/h2-14H,15H2,1H3,(H,28,30). The van der Waals surface area contributed by atoms with Crippen LogP contribution in [0.25, 0.3) is 10.9 Å². The molecule has 1 N–H and O–H groups in total. The van der Waals surface area contributed by atoms with E-state index in [1.165, 1.54) is 10.9 Å². The van der Waals surface area contributed by atoms with Crippen LogP contribution in [0.15, 0.2) is 87.2 Å². The molecule has 1 amide bonds. The van der Waals surface area contributed by atoms with Crippen LogP contribution in [0.2, 0.25) is 0 Å². The Kier molecular flexibility index (Phi) is 6.42. The Bertz CT molecular complexity index is 1370. The third kappa shape index (κ3) is 4.92. The van der Waals surface area contributed by atoms with E-state index in [1.807, 2.05) is 30.3 Å². The number of halogens is 1. The fourth-order valence-corrected chi connectivity index (χ4v) is 3.46. The van der Waals surface area contributed by atoms with Gasteiger partial charge in [0.1, 0.15) is 11.6 Å². The maximum absolute atomic E-state index is 12.9. The Hall–Kier alpha value is -3.78. The van der Waals surface area contributed by atoms with Crippen molar-refractivity contribution < 1.29 is 9.53 Å². The summed E-state index contributed by atoms with van der Waals surface area (Å²) in [7, 11) is 0. The smallest absolute Gasteiger partial charge is 0.282 e. The van der Waals surface area contributed by atoms with Gasteiger partial charge in [0.05, 0.1) is 17.1 Å². The number of hydrogen-bond acceptors (Lipinski definition) is 5. The zero-order valence-corrected chi connectivity index (χ0v) is 18.7. The molecule has 0 saturated carbocycles.